The first kappa shape index (κ1) is 30.7. The van der Waals surface area contributed by atoms with Crippen molar-refractivity contribution in [2.24, 2.45) is 5.92 Å². The van der Waals surface area contributed by atoms with Crippen molar-refractivity contribution in [2.75, 3.05) is 53.7 Å². The van der Waals surface area contributed by atoms with Gasteiger partial charge in [-0.05, 0) is 75.0 Å². The number of hydrogen-bond acceptors (Lipinski definition) is 7. The van der Waals surface area contributed by atoms with Crippen LogP contribution in [0.15, 0.2) is 42.5 Å². The zero-order valence-electron chi connectivity index (χ0n) is 23.0. The number of nitrogens with one attached hydrogen (secondary N) is 3. The lowest BCUT2D eigenvalue weighted by molar-refractivity contribution is 0.0478. The van der Waals surface area contributed by atoms with Gasteiger partial charge in [-0.3, -0.25) is 4.79 Å². The molecular formula is C29H40ClN3O6. The van der Waals surface area contributed by atoms with E-state index in [0.717, 1.165) is 38.0 Å². The van der Waals surface area contributed by atoms with Gasteiger partial charge in [0.15, 0.2) is 0 Å². The number of alkyl carbamates (subject to hydrolysis) is 1. The van der Waals surface area contributed by atoms with Gasteiger partial charge in [0.2, 0.25) is 0 Å². The van der Waals surface area contributed by atoms with Gasteiger partial charge in [-0.15, -0.1) is 0 Å². The van der Waals surface area contributed by atoms with Crippen LogP contribution in [0.5, 0.6) is 5.75 Å². The van der Waals surface area contributed by atoms with Crippen LogP contribution in [0.2, 0.25) is 5.02 Å². The molecule has 0 aromatic heterocycles. The molecule has 1 heterocycles. The third kappa shape index (κ3) is 9.69. The molecule has 0 saturated carbocycles. The second-order valence-corrected chi connectivity index (χ2v) is 9.86. The van der Waals surface area contributed by atoms with Gasteiger partial charge in [-0.25, -0.2) is 4.79 Å². The van der Waals surface area contributed by atoms with Crippen molar-refractivity contribution in [2.45, 2.75) is 38.3 Å². The summed E-state index contributed by atoms with van der Waals surface area (Å²) in [5.74, 6) is 0.913. The minimum Gasteiger partial charge on any atom is -0.493 e. The van der Waals surface area contributed by atoms with E-state index in [2.05, 4.69) is 20.7 Å². The Bertz CT molecular complexity index is 1060. The molecule has 3 N–H and O–H groups in total. The summed E-state index contributed by atoms with van der Waals surface area (Å²) in [5, 5.41) is 9.56. The molecule has 39 heavy (non-hydrogen) atoms. The lowest BCUT2D eigenvalue weighted by Crippen LogP contribution is -2.41. The SMILES string of the molecule is CCOc1ccc(C(=O)NCC(CC2CCCOC2)NC)cc1C(OCCNC(=O)OC)c1cccc(Cl)c1. The summed E-state index contributed by atoms with van der Waals surface area (Å²) in [6, 6.07) is 12.8. The second kappa shape index (κ2) is 16.3. The average Bonchev–Trinajstić information content (AvgIpc) is 2.96. The van der Waals surface area contributed by atoms with Gasteiger partial charge in [0.1, 0.15) is 11.9 Å². The molecule has 1 saturated heterocycles. The standard InChI is InChI=1S/C29H40ClN3O6/c1-4-38-26-11-10-22(28(34)33-18-24(31-2)15-20-7-6-13-37-19-20)17-25(26)27(21-8-5-9-23(30)16-21)39-14-12-32-29(35)36-3/h5,8-11,16-17,20,24,27,31H,4,6-7,12-15,18-19H2,1-3H3,(H,32,35)(H,33,34). The number of carbonyl (C=O) groups excluding carboxylic acids is 2. The van der Waals surface area contributed by atoms with Crippen molar-refractivity contribution in [3.05, 3.63) is 64.2 Å². The summed E-state index contributed by atoms with van der Waals surface area (Å²) < 4.78 is 22.4. The van der Waals surface area contributed by atoms with Crippen molar-refractivity contribution in [3.8, 4) is 5.75 Å². The van der Waals surface area contributed by atoms with E-state index in [0.29, 0.717) is 41.0 Å². The van der Waals surface area contributed by atoms with Crippen molar-refractivity contribution in [3.63, 3.8) is 0 Å². The summed E-state index contributed by atoms with van der Waals surface area (Å²) >= 11 is 6.30. The molecule has 10 heteroatoms. The van der Waals surface area contributed by atoms with E-state index < -0.39 is 12.2 Å². The van der Waals surface area contributed by atoms with E-state index in [1.54, 1.807) is 24.3 Å². The molecule has 0 bridgehead atoms. The first-order chi connectivity index (χ1) is 18.9. The maximum atomic E-state index is 13.2. The number of benzene rings is 2. The van der Waals surface area contributed by atoms with Crippen LogP contribution in [0.25, 0.3) is 0 Å². The monoisotopic (exact) mass is 561 g/mol. The second-order valence-electron chi connectivity index (χ2n) is 9.42. The predicted molar refractivity (Wildman–Crippen MR) is 151 cm³/mol. The third-order valence-corrected chi connectivity index (χ3v) is 6.87. The first-order valence-electron chi connectivity index (χ1n) is 13.4. The molecule has 3 rings (SSSR count). The summed E-state index contributed by atoms with van der Waals surface area (Å²) in [5.41, 5.74) is 1.98. The Morgan fingerprint density at radius 1 is 1.18 bits per heavy atom. The Morgan fingerprint density at radius 2 is 2.03 bits per heavy atom. The average molecular weight is 562 g/mol. The Labute approximate surface area is 235 Å². The number of halogens is 1. The largest absolute Gasteiger partial charge is 0.493 e. The van der Waals surface area contributed by atoms with Crippen LogP contribution >= 0.6 is 11.6 Å². The van der Waals surface area contributed by atoms with Gasteiger partial charge in [0.25, 0.3) is 5.91 Å². The molecule has 9 nitrogen and oxygen atoms in total. The maximum absolute atomic E-state index is 13.2. The minimum atomic E-state index is -0.589. The number of rotatable bonds is 14. The van der Waals surface area contributed by atoms with Crippen LogP contribution in [0.4, 0.5) is 4.79 Å². The van der Waals surface area contributed by atoms with Crippen LogP contribution in [0, 0.1) is 5.92 Å². The fourth-order valence-electron chi connectivity index (χ4n) is 4.64. The molecule has 2 aromatic rings. The van der Waals surface area contributed by atoms with Crippen molar-refractivity contribution < 1.29 is 28.5 Å². The molecule has 0 spiro atoms. The Hall–Kier alpha value is -2.85. The highest BCUT2D eigenvalue weighted by atomic mass is 35.5. The molecular weight excluding hydrogens is 522 g/mol. The highest BCUT2D eigenvalue weighted by Gasteiger charge is 2.23. The summed E-state index contributed by atoms with van der Waals surface area (Å²) in [4.78, 5) is 24.7. The van der Waals surface area contributed by atoms with Gasteiger partial charge in [-0.2, -0.15) is 0 Å². The van der Waals surface area contributed by atoms with Gasteiger partial charge in [0.05, 0.1) is 20.3 Å². The third-order valence-electron chi connectivity index (χ3n) is 6.64. The highest BCUT2D eigenvalue weighted by molar-refractivity contribution is 6.30. The Balaban J connectivity index is 1.79. The molecule has 3 atom stereocenters. The topological polar surface area (TPSA) is 107 Å². The molecule has 3 unspecified atom stereocenters. The summed E-state index contributed by atoms with van der Waals surface area (Å²) in [7, 11) is 3.22. The summed E-state index contributed by atoms with van der Waals surface area (Å²) in [6.45, 7) is 4.89. The first-order valence-corrected chi connectivity index (χ1v) is 13.8. The van der Waals surface area contributed by atoms with Crippen molar-refractivity contribution >= 4 is 23.6 Å². The quantitative estimate of drug-likeness (QED) is 0.295. The van der Waals surface area contributed by atoms with Crippen molar-refractivity contribution in [1.82, 2.24) is 16.0 Å². The number of methoxy groups -OCH3 is 1. The number of carbonyl (C=O) groups is 2. The van der Waals surface area contributed by atoms with E-state index in [1.807, 2.05) is 32.2 Å². The molecule has 0 aliphatic carbocycles. The molecule has 2 amide bonds. The van der Waals surface area contributed by atoms with Gasteiger partial charge < -0.3 is 34.9 Å². The van der Waals surface area contributed by atoms with Crippen LogP contribution in [-0.4, -0.2) is 71.7 Å². The smallest absolute Gasteiger partial charge is 0.406 e. The van der Waals surface area contributed by atoms with Gasteiger partial charge in [0, 0.05) is 48.5 Å². The molecule has 1 fully saturated rings. The van der Waals surface area contributed by atoms with E-state index in [1.165, 1.54) is 7.11 Å². The van der Waals surface area contributed by atoms with E-state index in [9.17, 15) is 9.59 Å². The fraction of sp³-hybridized carbons (Fsp3) is 0.517. The lowest BCUT2D eigenvalue weighted by atomic mass is 9.94. The van der Waals surface area contributed by atoms with Crippen LogP contribution in [0.3, 0.4) is 0 Å². The molecule has 2 aromatic carbocycles. The predicted octanol–water partition coefficient (Wildman–Crippen LogP) is 4.34. The van der Waals surface area contributed by atoms with Crippen LogP contribution < -0.4 is 20.7 Å². The molecule has 1 aliphatic heterocycles. The molecule has 214 valence electrons. The lowest BCUT2D eigenvalue weighted by Gasteiger charge is -2.26. The Morgan fingerprint density at radius 3 is 2.72 bits per heavy atom. The van der Waals surface area contributed by atoms with Gasteiger partial charge in [-0.1, -0.05) is 23.7 Å². The minimum absolute atomic E-state index is 0.146. The van der Waals surface area contributed by atoms with E-state index in [4.69, 9.17) is 25.8 Å². The van der Waals surface area contributed by atoms with Crippen LogP contribution in [-0.2, 0) is 14.2 Å². The number of hydrogen-bond donors (Lipinski definition) is 3. The molecule has 0 radical (unpaired) electrons. The Kier molecular flexibility index (Phi) is 12.8. The highest BCUT2D eigenvalue weighted by Crippen LogP contribution is 2.35. The number of likely N-dealkylation sites (N-methyl/N-ethyl adjacent to an activating group) is 1. The normalized spacial score (nSPS) is 16.7. The van der Waals surface area contributed by atoms with E-state index in [-0.39, 0.29) is 25.1 Å². The molecule has 1 aliphatic rings. The van der Waals surface area contributed by atoms with Crippen molar-refractivity contribution in [1.29, 1.82) is 0 Å². The number of amides is 2. The number of ether oxygens (including phenoxy) is 4. The van der Waals surface area contributed by atoms with Gasteiger partial charge >= 0.3 is 6.09 Å². The van der Waals surface area contributed by atoms with Crippen LogP contribution in [0.1, 0.15) is 53.8 Å². The maximum Gasteiger partial charge on any atom is 0.406 e. The zero-order chi connectivity index (χ0) is 28.0. The zero-order valence-corrected chi connectivity index (χ0v) is 23.7. The summed E-state index contributed by atoms with van der Waals surface area (Å²) in [6.07, 6.45) is 2.04. The fourth-order valence-corrected chi connectivity index (χ4v) is 4.83. The van der Waals surface area contributed by atoms with E-state index >= 15 is 0 Å².